The Morgan fingerprint density at radius 2 is 2.00 bits per heavy atom. The van der Waals surface area contributed by atoms with E-state index >= 15 is 0 Å². The van der Waals surface area contributed by atoms with Crippen LogP contribution in [-0.4, -0.2) is 22.2 Å². The van der Waals surface area contributed by atoms with Crippen molar-refractivity contribution < 1.29 is 4.79 Å². The van der Waals surface area contributed by atoms with Gasteiger partial charge in [-0.25, -0.2) is 0 Å². The summed E-state index contributed by atoms with van der Waals surface area (Å²) in [5.41, 5.74) is 8.81. The van der Waals surface area contributed by atoms with Crippen LogP contribution >= 0.6 is 0 Å². The molecule has 0 spiro atoms. The van der Waals surface area contributed by atoms with Gasteiger partial charge in [0.1, 0.15) is 0 Å². The van der Waals surface area contributed by atoms with Gasteiger partial charge in [0, 0.05) is 18.4 Å². The molecule has 3 N–H and O–H groups in total. The van der Waals surface area contributed by atoms with Gasteiger partial charge in [0.05, 0.1) is 18.7 Å². The highest BCUT2D eigenvalue weighted by Crippen LogP contribution is 2.15. The molecular weight excluding hydrogens is 288 g/mol. The molecule has 2 aromatic rings. The number of anilines is 1. The van der Waals surface area contributed by atoms with Gasteiger partial charge in [0.15, 0.2) is 0 Å². The summed E-state index contributed by atoms with van der Waals surface area (Å²) in [6.07, 6.45) is 4.66. The Hall–Kier alpha value is -2.14. The van der Waals surface area contributed by atoms with Gasteiger partial charge in [-0.15, -0.1) is 0 Å². The van der Waals surface area contributed by atoms with Crippen LogP contribution < -0.4 is 11.1 Å². The second kappa shape index (κ2) is 7.92. The third kappa shape index (κ3) is 5.21. The van der Waals surface area contributed by atoms with E-state index in [4.69, 9.17) is 5.73 Å². The predicted molar refractivity (Wildman–Crippen MR) is 93.1 cm³/mol. The largest absolute Gasteiger partial charge is 0.330 e. The highest BCUT2D eigenvalue weighted by atomic mass is 16.1. The highest BCUT2D eigenvalue weighted by molar-refractivity contribution is 5.92. The van der Waals surface area contributed by atoms with Crippen LogP contribution in [0.4, 0.5) is 5.69 Å². The minimum Gasteiger partial charge on any atom is -0.330 e. The first-order valence-corrected chi connectivity index (χ1v) is 8.07. The molecule has 0 aliphatic carbocycles. The number of carbonyl (C=O) groups excluding carboxylic acids is 1. The van der Waals surface area contributed by atoms with Gasteiger partial charge >= 0.3 is 0 Å². The molecule has 0 radical (unpaired) electrons. The normalized spacial score (nSPS) is 12.4. The van der Waals surface area contributed by atoms with E-state index in [9.17, 15) is 4.79 Å². The maximum atomic E-state index is 12.3. The third-order valence-electron chi connectivity index (χ3n) is 3.74. The lowest BCUT2D eigenvalue weighted by molar-refractivity contribution is -0.120. The minimum atomic E-state index is -0.137. The average molecular weight is 314 g/mol. The lowest BCUT2D eigenvalue weighted by Gasteiger charge is -2.17. The maximum absolute atomic E-state index is 12.3. The topological polar surface area (TPSA) is 72.9 Å². The molecule has 5 nitrogen and oxygen atoms in total. The number of hydrogen-bond acceptors (Lipinski definition) is 3. The van der Waals surface area contributed by atoms with E-state index in [-0.39, 0.29) is 11.8 Å². The first kappa shape index (κ1) is 17.2. The Bertz CT molecular complexity index is 631. The fourth-order valence-electron chi connectivity index (χ4n) is 2.56. The zero-order valence-electron chi connectivity index (χ0n) is 14.1. The van der Waals surface area contributed by atoms with Crippen molar-refractivity contribution in [1.29, 1.82) is 0 Å². The van der Waals surface area contributed by atoms with Crippen molar-refractivity contribution >= 4 is 11.6 Å². The molecule has 23 heavy (non-hydrogen) atoms. The summed E-state index contributed by atoms with van der Waals surface area (Å²) < 4.78 is 1.90. The number of rotatable bonds is 7. The second-order valence-corrected chi connectivity index (χ2v) is 6.46. The molecule has 1 amide bonds. The number of carbonyl (C=O) groups is 1. The van der Waals surface area contributed by atoms with Gasteiger partial charge in [0.2, 0.25) is 5.91 Å². The fourth-order valence-corrected chi connectivity index (χ4v) is 2.56. The van der Waals surface area contributed by atoms with E-state index in [2.05, 4.69) is 24.3 Å². The van der Waals surface area contributed by atoms with E-state index in [0.29, 0.717) is 12.5 Å². The van der Waals surface area contributed by atoms with E-state index in [1.54, 1.807) is 0 Å². The Balaban J connectivity index is 1.95. The van der Waals surface area contributed by atoms with Crippen LogP contribution in [0.25, 0.3) is 0 Å². The molecule has 0 unspecified atom stereocenters. The number of nitrogens with two attached hydrogens (primary N) is 1. The van der Waals surface area contributed by atoms with Gasteiger partial charge in [-0.05, 0) is 42.5 Å². The summed E-state index contributed by atoms with van der Waals surface area (Å²) in [5, 5.41) is 7.23. The van der Waals surface area contributed by atoms with Crippen molar-refractivity contribution in [2.24, 2.45) is 17.6 Å². The zero-order valence-corrected chi connectivity index (χ0v) is 14.1. The van der Waals surface area contributed by atoms with Crippen LogP contribution in [-0.2, 0) is 11.3 Å². The van der Waals surface area contributed by atoms with E-state index in [1.165, 1.54) is 0 Å². The molecule has 2 rings (SSSR count). The number of amides is 1. The van der Waals surface area contributed by atoms with Crippen molar-refractivity contribution in [3.8, 4) is 0 Å². The molecule has 0 aliphatic heterocycles. The van der Waals surface area contributed by atoms with Crippen molar-refractivity contribution in [1.82, 2.24) is 9.78 Å². The number of aromatic nitrogens is 2. The lowest BCUT2D eigenvalue weighted by Crippen LogP contribution is -2.30. The Kier molecular flexibility index (Phi) is 5.93. The summed E-state index contributed by atoms with van der Waals surface area (Å²) >= 11 is 0. The Morgan fingerprint density at radius 3 is 2.52 bits per heavy atom. The van der Waals surface area contributed by atoms with Crippen LogP contribution in [0.2, 0.25) is 0 Å². The molecule has 1 aromatic heterocycles. The molecule has 1 aromatic carbocycles. The van der Waals surface area contributed by atoms with Crippen molar-refractivity contribution in [3.05, 3.63) is 47.8 Å². The number of benzene rings is 1. The molecule has 124 valence electrons. The van der Waals surface area contributed by atoms with Crippen LogP contribution in [0, 0.1) is 18.8 Å². The van der Waals surface area contributed by atoms with Crippen LogP contribution in [0.3, 0.4) is 0 Å². The minimum absolute atomic E-state index is 0.00310. The molecule has 1 heterocycles. The summed E-state index contributed by atoms with van der Waals surface area (Å²) in [7, 11) is 0. The fraction of sp³-hybridized carbons (Fsp3) is 0.444. The zero-order chi connectivity index (χ0) is 16.8. The smallest absolute Gasteiger partial charge is 0.228 e. The molecule has 0 fully saturated rings. The molecule has 0 aliphatic rings. The van der Waals surface area contributed by atoms with Crippen molar-refractivity contribution in [2.45, 2.75) is 33.7 Å². The van der Waals surface area contributed by atoms with Gasteiger partial charge in [0.25, 0.3) is 0 Å². The van der Waals surface area contributed by atoms with Crippen molar-refractivity contribution in [2.75, 3.05) is 11.9 Å². The number of aryl methyl sites for hydroxylation is 1. The van der Waals surface area contributed by atoms with Gasteiger partial charge < -0.3 is 11.1 Å². The van der Waals surface area contributed by atoms with E-state index in [1.807, 2.05) is 48.3 Å². The van der Waals surface area contributed by atoms with Gasteiger partial charge in [-0.3, -0.25) is 9.48 Å². The second-order valence-electron chi connectivity index (χ2n) is 6.46. The van der Waals surface area contributed by atoms with Crippen molar-refractivity contribution in [3.63, 3.8) is 0 Å². The van der Waals surface area contributed by atoms with E-state index in [0.717, 1.165) is 29.8 Å². The van der Waals surface area contributed by atoms with E-state index < -0.39 is 0 Å². The van der Waals surface area contributed by atoms with Crippen LogP contribution in [0.1, 0.15) is 31.4 Å². The highest BCUT2D eigenvalue weighted by Gasteiger charge is 2.18. The van der Waals surface area contributed by atoms with Gasteiger partial charge in [-0.2, -0.15) is 5.10 Å². The summed E-state index contributed by atoms with van der Waals surface area (Å²) in [6, 6.07) is 7.86. The molecule has 1 atom stereocenters. The maximum Gasteiger partial charge on any atom is 0.228 e. The lowest BCUT2D eigenvalue weighted by atomic mass is 9.96. The van der Waals surface area contributed by atoms with Crippen LogP contribution in [0.15, 0.2) is 36.7 Å². The first-order chi connectivity index (χ1) is 11.0. The summed E-state index contributed by atoms with van der Waals surface area (Å²) in [6.45, 7) is 7.32. The first-order valence-electron chi connectivity index (χ1n) is 8.07. The number of nitrogens with one attached hydrogen (secondary N) is 1. The average Bonchev–Trinajstić information content (AvgIpc) is 2.91. The number of nitrogens with zero attached hydrogens (tertiary/aromatic N) is 2. The van der Waals surface area contributed by atoms with Crippen LogP contribution in [0.5, 0.6) is 0 Å². The molecule has 5 heteroatoms. The monoisotopic (exact) mass is 314 g/mol. The Morgan fingerprint density at radius 1 is 1.30 bits per heavy atom. The molecule has 0 saturated heterocycles. The Labute approximate surface area is 137 Å². The summed E-state index contributed by atoms with van der Waals surface area (Å²) in [5.74, 6) is 0.313. The standard InChI is InChI=1S/C18H26N4O/c1-13(2)8-16(9-19)18(23)21-17-6-4-15(5-7-17)12-22-11-14(3)10-20-22/h4-7,10-11,13,16H,8-9,12,19H2,1-3H3,(H,21,23)/t16-/m0/s1. The predicted octanol–water partition coefficient (Wildman–Crippen LogP) is 2.80. The third-order valence-corrected chi connectivity index (χ3v) is 3.74. The number of hydrogen-bond donors (Lipinski definition) is 2. The SMILES string of the molecule is Cc1cnn(Cc2ccc(NC(=O)[C@H](CN)CC(C)C)cc2)c1. The van der Waals surface area contributed by atoms with Gasteiger partial charge in [-0.1, -0.05) is 26.0 Å². The summed E-state index contributed by atoms with van der Waals surface area (Å²) in [4.78, 5) is 12.3. The molecule has 0 bridgehead atoms. The molecular formula is C18H26N4O. The molecule has 0 saturated carbocycles. The quantitative estimate of drug-likeness (QED) is 0.825.